The topological polar surface area (TPSA) is 49.5 Å². The summed E-state index contributed by atoms with van der Waals surface area (Å²) >= 11 is 5.86. The lowest BCUT2D eigenvalue weighted by Gasteiger charge is -2.20. The molecule has 0 saturated heterocycles. The first-order valence-corrected chi connectivity index (χ1v) is 11.4. The van der Waals surface area contributed by atoms with E-state index in [4.69, 9.17) is 17.3 Å². The van der Waals surface area contributed by atoms with E-state index < -0.39 is 0 Å². The minimum atomic E-state index is 0.279. The van der Waals surface area contributed by atoms with Crippen molar-refractivity contribution in [3.05, 3.63) is 64.7 Å². The number of phenols is 1. The number of nitrogens with two attached hydrogens (primary N) is 1. The largest absolute Gasteiger partial charge is 0.508 e. The van der Waals surface area contributed by atoms with Gasteiger partial charge in [-0.3, -0.25) is 4.90 Å². The Balaban J connectivity index is 0.000000664. The standard InChI is InChI=1S/C15H17ClN2O.C8H18.C2H6/c16-14-6-4-12(5-7-14)9-18(11-17)10-13-2-1-3-15(19)8-13;1-3-5-7-8-6-4-2;1-2/h1-8,19H,9-11,17H2;3-8H2,1-2H3;1-2H3. The first-order chi connectivity index (χ1) is 14.1. The van der Waals surface area contributed by atoms with Gasteiger partial charge in [0.2, 0.25) is 0 Å². The van der Waals surface area contributed by atoms with Crippen LogP contribution in [0, 0.1) is 0 Å². The molecule has 0 radical (unpaired) electrons. The Morgan fingerprint density at radius 3 is 1.86 bits per heavy atom. The summed E-state index contributed by atoms with van der Waals surface area (Å²) in [4.78, 5) is 2.10. The second-order valence-corrected chi connectivity index (χ2v) is 7.32. The SMILES string of the molecule is CC.CCCCCCCC.NCN(Cc1ccc(Cl)cc1)Cc1cccc(O)c1. The van der Waals surface area contributed by atoms with Gasteiger partial charge < -0.3 is 10.8 Å². The fourth-order valence-corrected chi connectivity index (χ4v) is 2.93. The van der Waals surface area contributed by atoms with Crippen LogP contribution in [0.3, 0.4) is 0 Å². The van der Waals surface area contributed by atoms with Gasteiger partial charge in [-0.1, -0.05) is 102 Å². The zero-order chi connectivity index (χ0) is 21.9. The van der Waals surface area contributed by atoms with Crippen LogP contribution in [0.5, 0.6) is 5.75 Å². The lowest BCUT2D eigenvalue weighted by Crippen LogP contribution is -2.29. The van der Waals surface area contributed by atoms with Crippen molar-refractivity contribution in [1.29, 1.82) is 0 Å². The van der Waals surface area contributed by atoms with E-state index in [0.717, 1.165) is 22.7 Å². The number of phenolic OH excluding ortho intramolecular Hbond substituents is 1. The minimum Gasteiger partial charge on any atom is -0.508 e. The molecule has 0 aliphatic carbocycles. The molecule has 164 valence electrons. The molecule has 3 nitrogen and oxygen atoms in total. The van der Waals surface area contributed by atoms with Crippen molar-refractivity contribution < 1.29 is 5.11 Å². The number of hydrogen-bond donors (Lipinski definition) is 2. The highest BCUT2D eigenvalue weighted by atomic mass is 35.5. The Bertz CT molecular complexity index is 610. The van der Waals surface area contributed by atoms with Crippen molar-refractivity contribution in [2.24, 2.45) is 5.73 Å². The van der Waals surface area contributed by atoms with Crippen molar-refractivity contribution >= 4 is 11.6 Å². The van der Waals surface area contributed by atoms with Gasteiger partial charge in [0.05, 0.1) is 0 Å². The van der Waals surface area contributed by atoms with Crippen LogP contribution < -0.4 is 5.73 Å². The van der Waals surface area contributed by atoms with Crippen molar-refractivity contribution in [1.82, 2.24) is 4.90 Å². The number of aromatic hydroxyl groups is 1. The zero-order valence-electron chi connectivity index (χ0n) is 18.8. The molecule has 0 aliphatic rings. The molecule has 3 N–H and O–H groups in total. The Kier molecular flexibility index (Phi) is 17.5. The molecular formula is C25H41ClN2O. The maximum Gasteiger partial charge on any atom is 0.115 e. The molecule has 0 spiro atoms. The summed E-state index contributed by atoms with van der Waals surface area (Å²) in [6, 6.07) is 15.0. The van der Waals surface area contributed by atoms with Crippen molar-refractivity contribution in [3.8, 4) is 5.75 Å². The molecule has 2 rings (SSSR count). The third-order valence-electron chi connectivity index (χ3n) is 4.35. The van der Waals surface area contributed by atoms with Gasteiger partial charge in [0.1, 0.15) is 5.75 Å². The molecule has 4 heteroatoms. The van der Waals surface area contributed by atoms with Crippen LogP contribution in [0.2, 0.25) is 5.02 Å². The lowest BCUT2D eigenvalue weighted by atomic mass is 10.1. The third-order valence-corrected chi connectivity index (χ3v) is 4.60. The second kappa shape index (κ2) is 18.5. The quantitative estimate of drug-likeness (QED) is 0.311. The summed E-state index contributed by atoms with van der Waals surface area (Å²) < 4.78 is 0. The molecule has 0 bridgehead atoms. The van der Waals surface area contributed by atoms with Crippen LogP contribution in [0.1, 0.15) is 77.3 Å². The number of hydrogen-bond acceptors (Lipinski definition) is 3. The van der Waals surface area contributed by atoms with E-state index in [2.05, 4.69) is 18.7 Å². The number of rotatable bonds is 10. The highest BCUT2D eigenvalue weighted by Gasteiger charge is 2.06. The van der Waals surface area contributed by atoms with Crippen LogP contribution in [0.25, 0.3) is 0 Å². The van der Waals surface area contributed by atoms with Gasteiger partial charge in [-0.05, 0) is 35.4 Å². The van der Waals surface area contributed by atoms with Gasteiger partial charge in [0.25, 0.3) is 0 Å². The summed E-state index contributed by atoms with van der Waals surface area (Å²) in [5.74, 6) is 0.279. The first-order valence-electron chi connectivity index (χ1n) is 11.0. The van der Waals surface area contributed by atoms with Gasteiger partial charge >= 0.3 is 0 Å². The number of halogens is 1. The minimum absolute atomic E-state index is 0.279. The Hall–Kier alpha value is -1.55. The highest BCUT2D eigenvalue weighted by Crippen LogP contribution is 2.15. The number of unbranched alkanes of at least 4 members (excludes halogenated alkanes) is 5. The van der Waals surface area contributed by atoms with Crippen LogP contribution >= 0.6 is 11.6 Å². The molecule has 0 saturated carbocycles. The van der Waals surface area contributed by atoms with Crippen LogP contribution in [0.15, 0.2) is 48.5 Å². The summed E-state index contributed by atoms with van der Waals surface area (Å²) in [7, 11) is 0. The Labute approximate surface area is 183 Å². The van der Waals surface area contributed by atoms with E-state index in [1.165, 1.54) is 38.5 Å². The monoisotopic (exact) mass is 420 g/mol. The predicted octanol–water partition coefficient (Wildman–Crippen LogP) is 7.36. The number of nitrogens with zero attached hydrogens (tertiary/aromatic N) is 1. The Morgan fingerprint density at radius 2 is 1.38 bits per heavy atom. The fourth-order valence-electron chi connectivity index (χ4n) is 2.80. The molecule has 0 heterocycles. The molecule has 0 aliphatic heterocycles. The molecule has 0 atom stereocenters. The van der Waals surface area contributed by atoms with Gasteiger partial charge in [0.15, 0.2) is 0 Å². The van der Waals surface area contributed by atoms with Crippen molar-refractivity contribution in [3.63, 3.8) is 0 Å². The molecule has 2 aromatic carbocycles. The third kappa shape index (κ3) is 14.1. The van der Waals surface area contributed by atoms with Crippen LogP contribution in [-0.4, -0.2) is 16.7 Å². The lowest BCUT2D eigenvalue weighted by molar-refractivity contribution is 0.264. The van der Waals surface area contributed by atoms with Gasteiger partial charge in [-0.25, -0.2) is 0 Å². The summed E-state index contributed by atoms with van der Waals surface area (Å²) in [5.41, 5.74) is 7.98. The summed E-state index contributed by atoms with van der Waals surface area (Å²) in [6.07, 6.45) is 8.49. The van der Waals surface area contributed by atoms with Crippen LogP contribution in [-0.2, 0) is 13.1 Å². The number of benzene rings is 2. The van der Waals surface area contributed by atoms with E-state index in [1.807, 2.05) is 50.2 Å². The molecule has 0 amide bonds. The normalized spacial score (nSPS) is 10.0. The van der Waals surface area contributed by atoms with E-state index >= 15 is 0 Å². The average Bonchev–Trinajstić information content (AvgIpc) is 2.74. The highest BCUT2D eigenvalue weighted by molar-refractivity contribution is 6.30. The average molecular weight is 421 g/mol. The predicted molar refractivity (Wildman–Crippen MR) is 128 cm³/mol. The molecule has 0 unspecified atom stereocenters. The zero-order valence-corrected chi connectivity index (χ0v) is 19.6. The second-order valence-electron chi connectivity index (χ2n) is 6.88. The van der Waals surface area contributed by atoms with E-state index in [1.54, 1.807) is 12.1 Å². The van der Waals surface area contributed by atoms with Gasteiger partial charge in [-0.2, -0.15) is 0 Å². The fraction of sp³-hybridized carbons (Fsp3) is 0.520. The Morgan fingerprint density at radius 1 is 0.828 bits per heavy atom. The van der Waals surface area contributed by atoms with Gasteiger partial charge in [-0.15, -0.1) is 0 Å². The summed E-state index contributed by atoms with van der Waals surface area (Å²) in [6.45, 7) is 10.4. The molecule has 2 aromatic rings. The van der Waals surface area contributed by atoms with Crippen LogP contribution in [0.4, 0.5) is 0 Å². The molecule has 29 heavy (non-hydrogen) atoms. The molecule has 0 fully saturated rings. The molecular weight excluding hydrogens is 380 g/mol. The smallest absolute Gasteiger partial charge is 0.115 e. The molecule has 0 aromatic heterocycles. The maximum absolute atomic E-state index is 9.45. The first kappa shape index (κ1) is 27.5. The summed E-state index contributed by atoms with van der Waals surface area (Å²) in [5, 5.41) is 10.2. The maximum atomic E-state index is 9.45. The van der Waals surface area contributed by atoms with E-state index in [0.29, 0.717) is 13.2 Å². The van der Waals surface area contributed by atoms with E-state index in [-0.39, 0.29) is 5.75 Å². The van der Waals surface area contributed by atoms with Crippen molar-refractivity contribution in [2.75, 3.05) is 6.67 Å². The van der Waals surface area contributed by atoms with Gasteiger partial charge in [0, 0.05) is 24.8 Å². The van der Waals surface area contributed by atoms with Crippen molar-refractivity contribution in [2.45, 2.75) is 79.3 Å². The van der Waals surface area contributed by atoms with E-state index in [9.17, 15) is 5.11 Å².